The Morgan fingerprint density at radius 2 is 1.70 bits per heavy atom. The molecule has 1 aromatic carbocycles. The van der Waals surface area contributed by atoms with Gasteiger partial charge in [0.25, 0.3) is 0 Å². The summed E-state index contributed by atoms with van der Waals surface area (Å²) in [4.78, 5) is 11.9. The van der Waals surface area contributed by atoms with Gasteiger partial charge >= 0.3 is 0 Å². The van der Waals surface area contributed by atoms with E-state index in [9.17, 15) is 4.79 Å². The number of aryl methyl sites for hydroxylation is 1. The van der Waals surface area contributed by atoms with Crippen LogP contribution in [0.15, 0.2) is 24.3 Å². The molecule has 1 rings (SSSR count). The average Bonchev–Trinajstić information content (AvgIpc) is 2.36. The summed E-state index contributed by atoms with van der Waals surface area (Å²) in [5, 5.41) is 6.22. The van der Waals surface area contributed by atoms with Crippen LogP contribution >= 0.6 is 0 Å². The Morgan fingerprint density at radius 1 is 1.10 bits per heavy atom. The molecule has 0 unspecified atom stereocenters. The number of amides is 1. The first kappa shape index (κ1) is 16.7. The Balaban J connectivity index is 2.39. The van der Waals surface area contributed by atoms with E-state index in [1.807, 2.05) is 31.2 Å². The van der Waals surface area contributed by atoms with E-state index in [-0.39, 0.29) is 5.91 Å². The van der Waals surface area contributed by atoms with E-state index in [2.05, 4.69) is 38.3 Å². The number of carbonyl (C=O) groups excluding carboxylic acids is 1. The van der Waals surface area contributed by atoms with Crippen molar-refractivity contribution in [3.63, 3.8) is 0 Å². The number of anilines is 1. The van der Waals surface area contributed by atoms with E-state index in [1.54, 1.807) is 0 Å². The molecule has 112 valence electrons. The minimum Gasteiger partial charge on any atom is -0.325 e. The number of rotatable bonds is 7. The van der Waals surface area contributed by atoms with Crippen molar-refractivity contribution in [3.8, 4) is 0 Å². The molecule has 0 aromatic heterocycles. The minimum atomic E-state index is 0.0190. The molecule has 1 amide bonds. The van der Waals surface area contributed by atoms with Crippen LogP contribution in [0.2, 0.25) is 0 Å². The second kappa shape index (κ2) is 8.05. The van der Waals surface area contributed by atoms with Crippen LogP contribution in [0.25, 0.3) is 0 Å². The van der Waals surface area contributed by atoms with Gasteiger partial charge in [-0.2, -0.15) is 0 Å². The number of carbonyl (C=O) groups is 1. The maximum Gasteiger partial charge on any atom is 0.238 e. The van der Waals surface area contributed by atoms with Crippen LogP contribution in [0.1, 0.15) is 33.3 Å². The Hall–Kier alpha value is -1.35. The SMILES string of the molecule is Cc1ccccc1NC(=O)CNCC(C(C)C)C(C)C. The fraction of sp³-hybridized carbons (Fsp3) is 0.588. The van der Waals surface area contributed by atoms with Gasteiger partial charge in [-0.15, -0.1) is 0 Å². The first-order valence-corrected chi connectivity index (χ1v) is 7.48. The lowest BCUT2D eigenvalue weighted by molar-refractivity contribution is -0.115. The van der Waals surface area contributed by atoms with Crippen LogP contribution in [0, 0.1) is 24.7 Å². The topological polar surface area (TPSA) is 41.1 Å². The van der Waals surface area contributed by atoms with Crippen molar-refractivity contribution in [1.29, 1.82) is 0 Å². The van der Waals surface area contributed by atoms with E-state index in [0.717, 1.165) is 17.8 Å². The molecule has 1 aromatic rings. The third kappa shape index (κ3) is 5.33. The van der Waals surface area contributed by atoms with Gasteiger partial charge in [0.15, 0.2) is 0 Å². The Bertz CT molecular complexity index is 419. The molecule has 20 heavy (non-hydrogen) atoms. The predicted molar refractivity (Wildman–Crippen MR) is 85.8 cm³/mol. The van der Waals surface area contributed by atoms with E-state index < -0.39 is 0 Å². The number of para-hydroxylation sites is 1. The van der Waals surface area contributed by atoms with Crippen LogP contribution in [-0.2, 0) is 4.79 Å². The summed E-state index contributed by atoms with van der Waals surface area (Å²) in [5.74, 6) is 1.87. The largest absolute Gasteiger partial charge is 0.325 e. The molecule has 0 aliphatic heterocycles. The van der Waals surface area contributed by atoms with Crippen LogP contribution in [0.4, 0.5) is 5.69 Å². The third-order valence-electron chi connectivity index (χ3n) is 3.80. The van der Waals surface area contributed by atoms with Gasteiger partial charge in [0.05, 0.1) is 6.54 Å². The number of benzene rings is 1. The fourth-order valence-corrected chi connectivity index (χ4v) is 2.50. The molecule has 3 nitrogen and oxygen atoms in total. The van der Waals surface area contributed by atoms with E-state index in [1.165, 1.54) is 0 Å². The summed E-state index contributed by atoms with van der Waals surface area (Å²) >= 11 is 0. The van der Waals surface area contributed by atoms with E-state index in [0.29, 0.717) is 24.3 Å². The maximum absolute atomic E-state index is 11.9. The molecule has 0 saturated carbocycles. The highest BCUT2D eigenvalue weighted by molar-refractivity contribution is 5.92. The highest BCUT2D eigenvalue weighted by atomic mass is 16.1. The van der Waals surface area contributed by atoms with Gasteiger partial charge in [-0.05, 0) is 42.9 Å². The maximum atomic E-state index is 11.9. The van der Waals surface area contributed by atoms with E-state index >= 15 is 0 Å². The molecule has 0 bridgehead atoms. The van der Waals surface area contributed by atoms with Gasteiger partial charge in [0.2, 0.25) is 5.91 Å². The third-order valence-corrected chi connectivity index (χ3v) is 3.80. The Morgan fingerprint density at radius 3 is 2.25 bits per heavy atom. The molecule has 2 N–H and O–H groups in total. The molecule has 0 atom stereocenters. The number of hydrogen-bond acceptors (Lipinski definition) is 2. The van der Waals surface area contributed by atoms with Gasteiger partial charge in [-0.3, -0.25) is 4.79 Å². The van der Waals surface area contributed by atoms with Crippen molar-refractivity contribution in [3.05, 3.63) is 29.8 Å². The van der Waals surface area contributed by atoms with Gasteiger partial charge in [-0.1, -0.05) is 45.9 Å². The summed E-state index contributed by atoms with van der Waals surface area (Å²) in [7, 11) is 0. The predicted octanol–water partition coefficient (Wildman–Crippen LogP) is 3.45. The van der Waals surface area contributed by atoms with Crippen molar-refractivity contribution in [2.75, 3.05) is 18.4 Å². The Labute approximate surface area is 123 Å². The lowest BCUT2D eigenvalue weighted by Gasteiger charge is -2.25. The normalized spacial score (nSPS) is 11.4. The average molecular weight is 276 g/mol. The van der Waals surface area contributed by atoms with Gasteiger partial charge in [0, 0.05) is 5.69 Å². The van der Waals surface area contributed by atoms with Gasteiger partial charge in [-0.25, -0.2) is 0 Å². The quantitative estimate of drug-likeness (QED) is 0.801. The number of nitrogens with one attached hydrogen (secondary N) is 2. The fourth-order valence-electron chi connectivity index (χ4n) is 2.50. The molecule has 0 spiro atoms. The zero-order valence-corrected chi connectivity index (χ0v) is 13.4. The smallest absolute Gasteiger partial charge is 0.238 e. The van der Waals surface area contributed by atoms with Crippen molar-refractivity contribution in [2.45, 2.75) is 34.6 Å². The molecule has 0 fully saturated rings. The number of hydrogen-bond donors (Lipinski definition) is 2. The van der Waals surface area contributed by atoms with Crippen LogP contribution < -0.4 is 10.6 Å². The van der Waals surface area contributed by atoms with Crippen molar-refractivity contribution >= 4 is 11.6 Å². The zero-order chi connectivity index (χ0) is 15.1. The molecular formula is C17H28N2O. The second-order valence-electron chi connectivity index (χ2n) is 6.15. The van der Waals surface area contributed by atoms with Crippen molar-refractivity contribution in [2.24, 2.45) is 17.8 Å². The molecule has 0 aliphatic rings. The lowest BCUT2D eigenvalue weighted by atomic mass is 9.85. The zero-order valence-electron chi connectivity index (χ0n) is 13.4. The van der Waals surface area contributed by atoms with Gasteiger partial charge in [0.1, 0.15) is 0 Å². The highest BCUT2D eigenvalue weighted by Gasteiger charge is 2.17. The molecule has 0 radical (unpaired) electrons. The van der Waals surface area contributed by atoms with E-state index in [4.69, 9.17) is 0 Å². The van der Waals surface area contributed by atoms with Crippen molar-refractivity contribution < 1.29 is 4.79 Å². The molecule has 0 heterocycles. The standard InChI is InChI=1S/C17H28N2O/c1-12(2)15(13(3)4)10-18-11-17(20)19-16-9-7-6-8-14(16)5/h6-9,12-13,15,18H,10-11H2,1-5H3,(H,19,20). The van der Waals surface area contributed by atoms with Crippen molar-refractivity contribution in [1.82, 2.24) is 5.32 Å². The van der Waals surface area contributed by atoms with Gasteiger partial charge < -0.3 is 10.6 Å². The molecule has 3 heteroatoms. The molecule has 0 saturated heterocycles. The summed E-state index contributed by atoms with van der Waals surface area (Å²) in [5.41, 5.74) is 1.98. The van der Waals surface area contributed by atoms with Crippen LogP contribution in [0.5, 0.6) is 0 Å². The van der Waals surface area contributed by atoms with Crippen LogP contribution in [0.3, 0.4) is 0 Å². The first-order valence-electron chi connectivity index (χ1n) is 7.48. The molecular weight excluding hydrogens is 248 g/mol. The summed E-state index contributed by atoms with van der Waals surface area (Å²) < 4.78 is 0. The lowest BCUT2D eigenvalue weighted by Crippen LogP contribution is -2.35. The summed E-state index contributed by atoms with van der Waals surface area (Å²) in [6.07, 6.45) is 0. The first-order chi connectivity index (χ1) is 9.41. The second-order valence-corrected chi connectivity index (χ2v) is 6.15. The van der Waals surface area contributed by atoms with Crippen LogP contribution in [-0.4, -0.2) is 19.0 Å². The monoisotopic (exact) mass is 276 g/mol. The minimum absolute atomic E-state index is 0.0190. The summed E-state index contributed by atoms with van der Waals surface area (Å²) in [6.45, 7) is 12.2. The highest BCUT2D eigenvalue weighted by Crippen LogP contribution is 2.19. The molecule has 0 aliphatic carbocycles. The Kier molecular flexibility index (Phi) is 6.73. The summed E-state index contributed by atoms with van der Waals surface area (Å²) in [6, 6.07) is 7.83.